The van der Waals surface area contributed by atoms with Gasteiger partial charge in [-0.15, -0.1) is 0 Å². The number of carbonyl (C=O) groups excluding carboxylic acids is 1. The minimum absolute atomic E-state index is 0.181. The van der Waals surface area contributed by atoms with Crippen molar-refractivity contribution < 1.29 is 9.63 Å². The van der Waals surface area contributed by atoms with E-state index in [-0.39, 0.29) is 11.6 Å². The van der Waals surface area contributed by atoms with Gasteiger partial charge in [-0.2, -0.15) is 0 Å². The summed E-state index contributed by atoms with van der Waals surface area (Å²) in [5.41, 5.74) is -0.307. The summed E-state index contributed by atoms with van der Waals surface area (Å²) < 4.78 is 0. The average molecular weight is 200 g/mol. The van der Waals surface area contributed by atoms with Gasteiger partial charge in [-0.1, -0.05) is 0 Å². The Hall–Kier alpha value is -0.610. The highest BCUT2D eigenvalue weighted by atomic mass is 16.7. The first-order chi connectivity index (χ1) is 6.53. The highest BCUT2D eigenvalue weighted by Crippen LogP contribution is 2.15. The van der Waals surface area contributed by atoms with Gasteiger partial charge >= 0.3 is 0 Å². The van der Waals surface area contributed by atoms with Gasteiger partial charge in [0, 0.05) is 6.54 Å². The van der Waals surface area contributed by atoms with Crippen molar-refractivity contribution in [1.29, 1.82) is 0 Å². The van der Waals surface area contributed by atoms with Gasteiger partial charge in [-0.3, -0.25) is 9.63 Å². The molecule has 14 heavy (non-hydrogen) atoms. The molecule has 0 aliphatic carbocycles. The van der Waals surface area contributed by atoms with Crippen molar-refractivity contribution in [3.63, 3.8) is 0 Å². The molecule has 82 valence electrons. The fourth-order valence-electron chi connectivity index (χ4n) is 1.55. The lowest BCUT2D eigenvalue weighted by molar-refractivity contribution is -0.233. The van der Waals surface area contributed by atoms with Gasteiger partial charge in [-0.25, -0.2) is 5.06 Å². The summed E-state index contributed by atoms with van der Waals surface area (Å²) in [4.78, 5) is 16.4. The summed E-state index contributed by atoms with van der Waals surface area (Å²) in [6.07, 6.45) is 2.90. The third kappa shape index (κ3) is 3.64. The number of amides is 1. The predicted molar refractivity (Wildman–Crippen MR) is 54.6 cm³/mol. The maximum absolute atomic E-state index is 10.9. The quantitative estimate of drug-likeness (QED) is 0.544. The Morgan fingerprint density at radius 3 is 2.64 bits per heavy atom. The number of rotatable bonds is 3. The van der Waals surface area contributed by atoms with Crippen molar-refractivity contribution in [1.82, 2.24) is 10.4 Å². The van der Waals surface area contributed by atoms with Crippen molar-refractivity contribution >= 4 is 6.41 Å². The van der Waals surface area contributed by atoms with E-state index in [1.165, 1.54) is 5.06 Å². The van der Waals surface area contributed by atoms with Crippen molar-refractivity contribution in [2.24, 2.45) is 0 Å². The summed E-state index contributed by atoms with van der Waals surface area (Å²) in [5.74, 6) is 0. The van der Waals surface area contributed by atoms with Crippen molar-refractivity contribution in [3.05, 3.63) is 0 Å². The molecular weight excluding hydrogens is 180 g/mol. The fourth-order valence-corrected chi connectivity index (χ4v) is 1.55. The van der Waals surface area contributed by atoms with Crippen LogP contribution in [-0.4, -0.2) is 36.2 Å². The number of carbonyl (C=O) groups is 1. The van der Waals surface area contributed by atoms with Crippen LogP contribution in [0.3, 0.4) is 0 Å². The van der Waals surface area contributed by atoms with Crippen LogP contribution in [-0.2, 0) is 9.63 Å². The van der Waals surface area contributed by atoms with E-state index in [4.69, 9.17) is 4.84 Å². The molecule has 1 rings (SSSR count). The zero-order chi connectivity index (χ0) is 10.6. The van der Waals surface area contributed by atoms with Gasteiger partial charge in [0.2, 0.25) is 6.41 Å². The molecule has 4 nitrogen and oxygen atoms in total. The lowest BCUT2D eigenvalue weighted by Gasteiger charge is -2.35. The van der Waals surface area contributed by atoms with Gasteiger partial charge in [-0.05, 0) is 40.2 Å². The Kier molecular flexibility index (Phi) is 3.89. The topological polar surface area (TPSA) is 41.6 Å². The van der Waals surface area contributed by atoms with Gasteiger partial charge < -0.3 is 5.32 Å². The Balaban J connectivity index is 2.47. The molecule has 0 unspecified atom stereocenters. The Bertz CT molecular complexity index is 183. The zero-order valence-corrected chi connectivity index (χ0v) is 9.25. The third-order valence-corrected chi connectivity index (χ3v) is 2.11. The molecule has 0 bridgehead atoms. The highest BCUT2D eigenvalue weighted by molar-refractivity contribution is 5.45. The molecule has 1 aliphatic heterocycles. The van der Waals surface area contributed by atoms with Crippen molar-refractivity contribution in [2.45, 2.75) is 45.3 Å². The molecule has 1 aliphatic rings. The third-order valence-electron chi connectivity index (χ3n) is 2.11. The summed E-state index contributed by atoms with van der Waals surface area (Å²) >= 11 is 0. The van der Waals surface area contributed by atoms with Crippen molar-refractivity contribution in [3.8, 4) is 0 Å². The predicted octanol–water partition coefficient (Wildman–Crippen LogP) is 0.927. The fraction of sp³-hybridized carbons (Fsp3) is 0.900. The summed E-state index contributed by atoms with van der Waals surface area (Å²) in [6, 6.07) is 0.181. The normalized spacial score (nSPS) is 23.2. The standard InChI is InChI=1S/C10H20N2O2/c1-10(2,3)14-12(8-13)9-5-4-6-11-7-9/h8-9,11H,4-7H2,1-3H3/t9-/m0/s1. The van der Waals surface area contributed by atoms with E-state index in [1.54, 1.807) is 0 Å². The van der Waals surface area contributed by atoms with Crippen LogP contribution >= 0.6 is 0 Å². The largest absolute Gasteiger partial charge is 0.315 e. The minimum atomic E-state index is -0.307. The molecule has 0 aromatic carbocycles. The Morgan fingerprint density at radius 2 is 2.21 bits per heavy atom. The number of nitrogens with one attached hydrogen (secondary N) is 1. The first-order valence-electron chi connectivity index (χ1n) is 5.16. The molecule has 1 atom stereocenters. The number of piperidine rings is 1. The van der Waals surface area contributed by atoms with E-state index >= 15 is 0 Å². The molecule has 1 amide bonds. The zero-order valence-electron chi connectivity index (χ0n) is 9.25. The van der Waals surface area contributed by atoms with E-state index in [0.717, 1.165) is 32.3 Å². The van der Waals surface area contributed by atoms with Gasteiger partial charge in [0.05, 0.1) is 11.6 Å². The van der Waals surface area contributed by atoms with Gasteiger partial charge in [0.25, 0.3) is 0 Å². The molecule has 0 aromatic rings. The maximum atomic E-state index is 10.9. The van der Waals surface area contributed by atoms with E-state index in [1.807, 2.05) is 20.8 Å². The molecule has 0 aromatic heterocycles. The molecule has 1 heterocycles. The second-order valence-corrected chi connectivity index (χ2v) is 4.67. The average Bonchev–Trinajstić information content (AvgIpc) is 2.14. The molecule has 0 saturated carbocycles. The van der Waals surface area contributed by atoms with E-state index in [0.29, 0.717) is 0 Å². The second kappa shape index (κ2) is 4.75. The van der Waals surface area contributed by atoms with Crippen LogP contribution in [0.4, 0.5) is 0 Å². The highest BCUT2D eigenvalue weighted by Gasteiger charge is 2.24. The van der Waals surface area contributed by atoms with Crippen LogP contribution < -0.4 is 5.32 Å². The smallest absolute Gasteiger partial charge is 0.233 e. The molecule has 1 fully saturated rings. The number of hydrogen-bond donors (Lipinski definition) is 1. The molecule has 0 radical (unpaired) electrons. The second-order valence-electron chi connectivity index (χ2n) is 4.67. The van der Waals surface area contributed by atoms with Crippen LogP contribution in [0.25, 0.3) is 0 Å². The van der Waals surface area contributed by atoms with Crippen LogP contribution in [0.5, 0.6) is 0 Å². The van der Waals surface area contributed by atoms with Gasteiger partial charge in [0.1, 0.15) is 0 Å². The van der Waals surface area contributed by atoms with Crippen LogP contribution in [0, 0.1) is 0 Å². The first kappa shape index (κ1) is 11.5. The van der Waals surface area contributed by atoms with E-state index < -0.39 is 0 Å². The van der Waals surface area contributed by atoms with Crippen LogP contribution in [0.15, 0.2) is 0 Å². The van der Waals surface area contributed by atoms with Gasteiger partial charge in [0.15, 0.2) is 0 Å². The molecule has 1 N–H and O–H groups in total. The Labute approximate surface area is 85.6 Å². The SMILES string of the molecule is CC(C)(C)ON(C=O)[C@H]1CCCNC1. The van der Waals surface area contributed by atoms with Crippen LogP contribution in [0.2, 0.25) is 0 Å². The van der Waals surface area contributed by atoms with Crippen molar-refractivity contribution in [2.75, 3.05) is 13.1 Å². The number of nitrogens with zero attached hydrogens (tertiary/aromatic N) is 1. The Morgan fingerprint density at radius 1 is 1.50 bits per heavy atom. The molecule has 0 spiro atoms. The summed E-state index contributed by atoms with van der Waals surface area (Å²) in [7, 11) is 0. The molecule has 1 saturated heterocycles. The monoisotopic (exact) mass is 200 g/mol. The van der Waals surface area contributed by atoms with Crippen LogP contribution in [0.1, 0.15) is 33.6 Å². The lowest BCUT2D eigenvalue weighted by Crippen LogP contribution is -2.48. The summed E-state index contributed by atoms with van der Waals surface area (Å²) in [6.45, 7) is 7.70. The molecular formula is C10H20N2O2. The van der Waals surface area contributed by atoms with E-state index in [2.05, 4.69) is 5.32 Å². The number of hydroxylamine groups is 2. The lowest BCUT2D eigenvalue weighted by atomic mass is 10.1. The molecule has 4 heteroatoms. The van der Waals surface area contributed by atoms with E-state index in [9.17, 15) is 4.79 Å². The summed E-state index contributed by atoms with van der Waals surface area (Å²) in [5, 5.41) is 4.71. The maximum Gasteiger partial charge on any atom is 0.233 e. The first-order valence-corrected chi connectivity index (χ1v) is 5.16. The minimum Gasteiger partial charge on any atom is -0.315 e. The number of hydrogen-bond acceptors (Lipinski definition) is 3.